The van der Waals surface area contributed by atoms with E-state index in [0.717, 1.165) is 5.56 Å². The summed E-state index contributed by atoms with van der Waals surface area (Å²) >= 11 is 0. The summed E-state index contributed by atoms with van der Waals surface area (Å²) in [5.74, 6) is 7.85. The second kappa shape index (κ2) is 6.99. The first-order chi connectivity index (χ1) is 13.5. The number of hydrogen-bond donors (Lipinski definition) is 1. The molecule has 0 spiro atoms. The molecule has 2 aliphatic rings. The van der Waals surface area contributed by atoms with Crippen LogP contribution in [0.1, 0.15) is 35.5 Å². The van der Waals surface area contributed by atoms with Crippen molar-refractivity contribution in [2.24, 2.45) is 20.9 Å². The second-order valence-corrected chi connectivity index (χ2v) is 6.44. The van der Waals surface area contributed by atoms with E-state index in [1.807, 2.05) is 32.0 Å². The van der Waals surface area contributed by atoms with Crippen LogP contribution in [-0.4, -0.2) is 46.5 Å². The fraction of sp³-hybridized carbons (Fsp3) is 0.200. The molecule has 142 valence electrons. The van der Waals surface area contributed by atoms with E-state index in [2.05, 4.69) is 15.1 Å². The number of amidine groups is 2. The van der Waals surface area contributed by atoms with Gasteiger partial charge in [-0.1, -0.05) is 12.1 Å². The standard InChI is InChI=1S/C20H21N6O2/c1-3-25(4-2)20(27)15-8-5-7-14(11-15)16-13-26(21)18(12-22-16)23-19(24-26)17-9-6-10-28-17/h5-13H,3-4,21H2,1-2H3/q+1. The highest BCUT2D eigenvalue weighted by atomic mass is 16.3. The van der Waals surface area contributed by atoms with Gasteiger partial charge in [-0.3, -0.25) is 4.79 Å². The molecule has 8 heteroatoms. The van der Waals surface area contributed by atoms with Crippen molar-refractivity contribution in [2.75, 3.05) is 13.1 Å². The topological polar surface area (TPSA) is 96.5 Å². The molecule has 3 heterocycles. The van der Waals surface area contributed by atoms with Gasteiger partial charge in [0.15, 0.2) is 12.0 Å². The minimum Gasteiger partial charge on any atom is -0.461 e. The number of carbonyl (C=O) groups is 1. The maximum absolute atomic E-state index is 12.6. The van der Waals surface area contributed by atoms with E-state index >= 15 is 0 Å². The van der Waals surface area contributed by atoms with E-state index in [-0.39, 0.29) is 10.6 Å². The average molecular weight is 377 g/mol. The Balaban J connectivity index is 1.67. The molecule has 1 unspecified atom stereocenters. The molecule has 8 nitrogen and oxygen atoms in total. The number of nitrogens with two attached hydrogens (primary N) is 1. The van der Waals surface area contributed by atoms with Crippen molar-refractivity contribution in [3.05, 3.63) is 65.7 Å². The van der Waals surface area contributed by atoms with Crippen LogP contribution in [0.3, 0.4) is 0 Å². The molecule has 1 atom stereocenters. The first-order valence-corrected chi connectivity index (χ1v) is 9.11. The summed E-state index contributed by atoms with van der Waals surface area (Å²) < 4.78 is 5.01. The molecular weight excluding hydrogens is 356 g/mol. The number of nitrogens with zero attached hydrogens (tertiary/aromatic N) is 5. The Labute approximate surface area is 162 Å². The molecule has 0 fully saturated rings. The first kappa shape index (κ1) is 18.0. The molecule has 4 rings (SSSR count). The van der Waals surface area contributed by atoms with E-state index in [0.29, 0.717) is 41.8 Å². The number of hydrogen-bond acceptors (Lipinski definition) is 6. The average Bonchev–Trinajstić information content (AvgIpc) is 3.35. The third-order valence-electron chi connectivity index (χ3n) is 4.68. The van der Waals surface area contributed by atoms with E-state index in [1.165, 1.54) is 0 Å². The van der Waals surface area contributed by atoms with Gasteiger partial charge in [0.05, 0.1) is 6.26 Å². The third-order valence-corrected chi connectivity index (χ3v) is 4.68. The van der Waals surface area contributed by atoms with E-state index in [1.54, 1.807) is 41.8 Å². The van der Waals surface area contributed by atoms with Crippen LogP contribution >= 0.6 is 0 Å². The summed E-state index contributed by atoms with van der Waals surface area (Å²) in [7, 11) is 0. The number of amides is 1. The zero-order valence-corrected chi connectivity index (χ0v) is 15.7. The van der Waals surface area contributed by atoms with Gasteiger partial charge in [0, 0.05) is 24.2 Å². The lowest BCUT2D eigenvalue weighted by Crippen LogP contribution is -2.50. The molecule has 2 aromatic rings. The highest BCUT2D eigenvalue weighted by Gasteiger charge is 2.40. The predicted molar refractivity (Wildman–Crippen MR) is 107 cm³/mol. The van der Waals surface area contributed by atoms with Gasteiger partial charge in [0.1, 0.15) is 11.9 Å². The van der Waals surface area contributed by atoms with Gasteiger partial charge in [0.25, 0.3) is 17.6 Å². The van der Waals surface area contributed by atoms with Gasteiger partial charge >= 0.3 is 0 Å². The van der Waals surface area contributed by atoms with Crippen molar-refractivity contribution in [2.45, 2.75) is 13.8 Å². The summed E-state index contributed by atoms with van der Waals surface area (Å²) in [6.45, 7) is 5.25. The Morgan fingerprint density at radius 1 is 1.21 bits per heavy atom. The Kier molecular flexibility index (Phi) is 4.50. The lowest BCUT2D eigenvalue weighted by Gasteiger charge is -2.21. The maximum Gasteiger partial charge on any atom is 0.300 e. The Hall–Kier alpha value is -3.36. The molecule has 1 aromatic carbocycles. The molecule has 2 N–H and O–H groups in total. The van der Waals surface area contributed by atoms with Crippen molar-refractivity contribution in [3.8, 4) is 0 Å². The molecule has 0 saturated carbocycles. The minimum absolute atomic E-state index is 0.00886. The first-order valence-electron chi connectivity index (χ1n) is 9.11. The lowest BCUT2D eigenvalue weighted by atomic mass is 10.1. The maximum atomic E-state index is 12.6. The third kappa shape index (κ3) is 3.08. The quantitative estimate of drug-likeness (QED) is 0.641. The van der Waals surface area contributed by atoms with Gasteiger partial charge in [0.2, 0.25) is 0 Å². The summed E-state index contributed by atoms with van der Waals surface area (Å²) in [5.41, 5.74) is 2.03. The molecule has 0 bridgehead atoms. The van der Waals surface area contributed by atoms with E-state index in [9.17, 15) is 4.79 Å². The number of furan rings is 1. The largest absolute Gasteiger partial charge is 0.461 e. The van der Waals surface area contributed by atoms with Crippen LogP contribution in [0.25, 0.3) is 5.70 Å². The number of benzene rings is 1. The molecule has 0 aliphatic carbocycles. The summed E-state index contributed by atoms with van der Waals surface area (Å²) in [6.07, 6.45) is 4.85. The fourth-order valence-electron chi connectivity index (χ4n) is 3.15. The normalized spacial score (nSPS) is 20.3. The molecule has 1 amide bonds. The van der Waals surface area contributed by atoms with Gasteiger partial charge in [-0.25, -0.2) is 4.99 Å². The van der Waals surface area contributed by atoms with Gasteiger partial charge in [-0.05, 0) is 47.9 Å². The molecule has 28 heavy (non-hydrogen) atoms. The Bertz CT molecular complexity index is 1030. The second-order valence-electron chi connectivity index (χ2n) is 6.44. The number of aliphatic imine (C=N–C) groups is 2. The zero-order valence-electron chi connectivity index (χ0n) is 15.7. The van der Waals surface area contributed by atoms with Crippen LogP contribution in [0, 0.1) is 0 Å². The highest BCUT2D eigenvalue weighted by molar-refractivity contribution is 6.32. The summed E-state index contributed by atoms with van der Waals surface area (Å²) in [6, 6.07) is 10.9. The predicted octanol–water partition coefficient (Wildman–Crippen LogP) is 2.61. The summed E-state index contributed by atoms with van der Waals surface area (Å²) in [5, 5.41) is 4.46. The molecule has 1 aromatic heterocycles. The molecule has 0 radical (unpaired) electrons. The van der Waals surface area contributed by atoms with Crippen LogP contribution in [-0.2, 0) is 0 Å². The lowest BCUT2D eigenvalue weighted by molar-refractivity contribution is -0.802. The van der Waals surface area contributed by atoms with E-state index in [4.69, 9.17) is 10.3 Å². The number of fused-ring (bicyclic) bond motifs is 1. The summed E-state index contributed by atoms with van der Waals surface area (Å²) in [4.78, 5) is 23.3. The van der Waals surface area contributed by atoms with Crippen molar-refractivity contribution in [1.29, 1.82) is 0 Å². The highest BCUT2D eigenvalue weighted by Crippen LogP contribution is 2.27. The van der Waals surface area contributed by atoms with Crippen LogP contribution in [0.5, 0.6) is 0 Å². The van der Waals surface area contributed by atoms with E-state index < -0.39 is 0 Å². The molecule has 2 aliphatic heterocycles. The zero-order chi connectivity index (χ0) is 19.7. The fourth-order valence-corrected chi connectivity index (χ4v) is 3.15. The van der Waals surface area contributed by atoms with Crippen molar-refractivity contribution in [3.63, 3.8) is 0 Å². The van der Waals surface area contributed by atoms with Crippen LogP contribution < -0.4 is 5.84 Å². The van der Waals surface area contributed by atoms with Crippen LogP contribution in [0.4, 0.5) is 0 Å². The van der Waals surface area contributed by atoms with Crippen LogP contribution in [0.15, 0.2) is 68.4 Å². The molecular formula is C20H21N6O2+. The number of quaternary nitrogens is 1. The Morgan fingerprint density at radius 2 is 2.04 bits per heavy atom. The van der Waals surface area contributed by atoms with Gasteiger partial charge in [-0.15, -0.1) is 5.84 Å². The number of rotatable bonds is 5. The number of carbonyl (C=O) groups excluding carboxylic acids is 1. The smallest absolute Gasteiger partial charge is 0.300 e. The van der Waals surface area contributed by atoms with Crippen molar-refractivity contribution < 1.29 is 13.9 Å². The molecule has 0 saturated heterocycles. The van der Waals surface area contributed by atoms with Crippen LogP contribution in [0.2, 0.25) is 0 Å². The Morgan fingerprint density at radius 3 is 2.75 bits per heavy atom. The SMILES string of the molecule is CCN(CC)C(=O)c1cccc(C2=C[N+]3(N)N=C(c4ccco4)N=C3C=N2)c1. The van der Waals surface area contributed by atoms with Crippen molar-refractivity contribution >= 4 is 29.5 Å². The monoisotopic (exact) mass is 377 g/mol. The van der Waals surface area contributed by atoms with Crippen molar-refractivity contribution in [1.82, 2.24) is 4.90 Å². The van der Waals surface area contributed by atoms with Gasteiger partial charge in [-0.2, -0.15) is 4.99 Å². The van der Waals surface area contributed by atoms with Gasteiger partial charge < -0.3 is 9.32 Å². The minimum atomic E-state index is -0.344.